The lowest BCUT2D eigenvalue weighted by atomic mass is 10.1. The van der Waals surface area contributed by atoms with Gasteiger partial charge in [-0.15, -0.1) is 0 Å². The predicted molar refractivity (Wildman–Crippen MR) is 92.1 cm³/mol. The number of esters is 2. The van der Waals surface area contributed by atoms with Crippen molar-refractivity contribution in [3.8, 4) is 11.8 Å². The van der Waals surface area contributed by atoms with Gasteiger partial charge in [0.15, 0.2) is 0 Å². The van der Waals surface area contributed by atoms with Gasteiger partial charge in [0.1, 0.15) is 0 Å². The molecule has 134 valence electrons. The van der Waals surface area contributed by atoms with Crippen molar-refractivity contribution >= 4 is 17.8 Å². The lowest BCUT2D eigenvalue weighted by molar-refractivity contribution is -0.167. The minimum atomic E-state index is -1.49. The Morgan fingerprint density at radius 1 is 1.00 bits per heavy atom. The molecule has 0 N–H and O–H groups in total. The number of nitrogens with zero attached hydrogens (tertiary/aromatic N) is 1. The average Bonchev–Trinajstić information content (AvgIpc) is 2.60. The zero-order chi connectivity index (χ0) is 18.7. The molecule has 0 heterocycles. The quantitative estimate of drug-likeness (QED) is 0.429. The first-order valence-electron chi connectivity index (χ1n) is 8.21. The van der Waals surface area contributed by atoms with Crippen LogP contribution in [0.5, 0.6) is 0 Å². The SMILES string of the molecule is CCC#CC(=O)N(Cc1ccccc1)C(C(=O)OCC)C(=O)OCC. The molecule has 0 radical (unpaired) electrons. The van der Waals surface area contributed by atoms with Gasteiger partial charge in [-0.25, -0.2) is 9.59 Å². The van der Waals surface area contributed by atoms with Gasteiger partial charge in [0, 0.05) is 13.0 Å². The zero-order valence-corrected chi connectivity index (χ0v) is 14.8. The highest BCUT2D eigenvalue weighted by molar-refractivity contribution is 6.05. The minimum absolute atomic E-state index is 0.0420. The molecule has 0 spiro atoms. The monoisotopic (exact) mass is 345 g/mol. The van der Waals surface area contributed by atoms with Crippen LogP contribution in [-0.4, -0.2) is 42.0 Å². The summed E-state index contributed by atoms with van der Waals surface area (Å²) in [5.74, 6) is 2.83. The summed E-state index contributed by atoms with van der Waals surface area (Å²) in [6.07, 6.45) is 0.481. The number of hydrogen-bond acceptors (Lipinski definition) is 5. The first-order chi connectivity index (χ1) is 12.0. The van der Waals surface area contributed by atoms with Gasteiger partial charge in [0.05, 0.1) is 13.2 Å². The molecule has 6 nitrogen and oxygen atoms in total. The molecule has 1 aromatic rings. The second kappa shape index (κ2) is 10.9. The summed E-state index contributed by atoms with van der Waals surface area (Å²) < 4.78 is 9.93. The largest absolute Gasteiger partial charge is 0.464 e. The summed E-state index contributed by atoms with van der Waals surface area (Å²) in [7, 11) is 0. The molecule has 1 rings (SSSR count). The second-order valence-electron chi connectivity index (χ2n) is 4.98. The van der Waals surface area contributed by atoms with Crippen LogP contribution >= 0.6 is 0 Å². The number of hydrogen-bond donors (Lipinski definition) is 0. The van der Waals surface area contributed by atoms with Crippen LogP contribution in [0.2, 0.25) is 0 Å². The van der Waals surface area contributed by atoms with Gasteiger partial charge < -0.3 is 14.4 Å². The first kappa shape index (κ1) is 20.2. The van der Waals surface area contributed by atoms with Gasteiger partial charge >= 0.3 is 11.9 Å². The van der Waals surface area contributed by atoms with Crippen LogP contribution in [0.15, 0.2) is 30.3 Å². The van der Waals surface area contributed by atoms with Gasteiger partial charge in [-0.2, -0.15) is 0 Å². The fraction of sp³-hybridized carbons (Fsp3) is 0.421. The molecule has 0 atom stereocenters. The van der Waals surface area contributed by atoms with Crippen LogP contribution in [0, 0.1) is 11.8 Å². The molecule has 0 aliphatic rings. The maximum atomic E-state index is 12.5. The van der Waals surface area contributed by atoms with E-state index in [-0.39, 0.29) is 19.8 Å². The smallest absolute Gasteiger partial charge is 0.340 e. The van der Waals surface area contributed by atoms with Crippen molar-refractivity contribution in [1.82, 2.24) is 4.90 Å². The molecule has 0 saturated heterocycles. The van der Waals surface area contributed by atoms with Crippen molar-refractivity contribution in [3.05, 3.63) is 35.9 Å². The molecular formula is C19H23NO5. The molecule has 0 unspecified atom stereocenters. The average molecular weight is 345 g/mol. The van der Waals surface area contributed by atoms with E-state index in [0.29, 0.717) is 6.42 Å². The Bertz CT molecular complexity index is 627. The third kappa shape index (κ3) is 6.30. The molecule has 0 fully saturated rings. The van der Waals surface area contributed by atoms with E-state index in [9.17, 15) is 14.4 Å². The molecule has 6 heteroatoms. The summed E-state index contributed by atoms with van der Waals surface area (Å²) >= 11 is 0. The van der Waals surface area contributed by atoms with Crippen molar-refractivity contribution in [3.63, 3.8) is 0 Å². The third-order valence-corrected chi connectivity index (χ3v) is 3.16. The molecule has 0 aliphatic heterocycles. The van der Waals surface area contributed by atoms with Crippen molar-refractivity contribution in [1.29, 1.82) is 0 Å². The van der Waals surface area contributed by atoms with Gasteiger partial charge in [-0.1, -0.05) is 43.2 Å². The maximum Gasteiger partial charge on any atom is 0.340 e. The topological polar surface area (TPSA) is 72.9 Å². The third-order valence-electron chi connectivity index (χ3n) is 3.16. The number of benzene rings is 1. The van der Waals surface area contributed by atoms with Crippen LogP contribution in [0.25, 0.3) is 0 Å². The highest BCUT2D eigenvalue weighted by atomic mass is 16.6. The highest BCUT2D eigenvalue weighted by Crippen LogP contribution is 2.12. The van der Waals surface area contributed by atoms with E-state index < -0.39 is 23.9 Å². The Hall–Kier alpha value is -2.81. The molecule has 1 aromatic carbocycles. The van der Waals surface area contributed by atoms with Gasteiger partial charge in [0.2, 0.25) is 6.04 Å². The van der Waals surface area contributed by atoms with E-state index in [0.717, 1.165) is 10.5 Å². The number of rotatable bonds is 7. The van der Waals surface area contributed by atoms with E-state index in [1.54, 1.807) is 45.0 Å². The summed E-state index contributed by atoms with van der Waals surface area (Å²) in [6.45, 7) is 5.27. The molecule has 0 saturated carbocycles. The maximum absolute atomic E-state index is 12.5. The Kier molecular flexibility index (Phi) is 8.80. The van der Waals surface area contributed by atoms with Gasteiger partial charge in [0.25, 0.3) is 5.91 Å². The van der Waals surface area contributed by atoms with E-state index in [4.69, 9.17) is 9.47 Å². The normalized spacial score (nSPS) is 9.76. The zero-order valence-electron chi connectivity index (χ0n) is 14.8. The summed E-state index contributed by atoms with van der Waals surface area (Å²) in [4.78, 5) is 38.2. The Balaban J connectivity index is 3.23. The van der Waals surface area contributed by atoms with Gasteiger partial charge in [-0.3, -0.25) is 4.79 Å². The Morgan fingerprint density at radius 3 is 2.04 bits per heavy atom. The summed E-state index contributed by atoms with van der Waals surface area (Å²) in [5, 5.41) is 0. The lowest BCUT2D eigenvalue weighted by Crippen LogP contribution is -2.50. The van der Waals surface area contributed by atoms with Crippen LogP contribution in [0.4, 0.5) is 0 Å². The molecule has 1 amide bonds. The Labute approximate surface area is 148 Å². The predicted octanol–water partition coefficient (Wildman–Crippen LogP) is 1.92. The van der Waals surface area contributed by atoms with Crippen molar-refractivity contribution in [2.75, 3.05) is 13.2 Å². The van der Waals surface area contributed by atoms with Crippen molar-refractivity contribution in [2.24, 2.45) is 0 Å². The van der Waals surface area contributed by atoms with E-state index >= 15 is 0 Å². The molecule has 0 aliphatic carbocycles. The van der Waals surface area contributed by atoms with E-state index in [1.165, 1.54) is 0 Å². The minimum Gasteiger partial charge on any atom is -0.464 e. The van der Waals surface area contributed by atoms with E-state index in [2.05, 4.69) is 11.8 Å². The summed E-state index contributed by atoms with van der Waals surface area (Å²) in [6, 6.07) is 7.54. The molecule has 0 aromatic heterocycles. The second-order valence-corrected chi connectivity index (χ2v) is 4.98. The molecule has 0 bridgehead atoms. The van der Waals surface area contributed by atoms with Crippen LogP contribution in [0.3, 0.4) is 0 Å². The first-order valence-corrected chi connectivity index (χ1v) is 8.21. The Morgan fingerprint density at radius 2 is 1.56 bits per heavy atom. The number of amides is 1. The fourth-order valence-electron chi connectivity index (χ4n) is 2.09. The van der Waals surface area contributed by atoms with Crippen LogP contribution < -0.4 is 0 Å². The van der Waals surface area contributed by atoms with Gasteiger partial charge in [-0.05, 0) is 25.3 Å². The fourth-order valence-corrected chi connectivity index (χ4v) is 2.09. The lowest BCUT2D eigenvalue weighted by Gasteiger charge is -2.27. The molecule has 25 heavy (non-hydrogen) atoms. The van der Waals surface area contributed by atoms with E-state index in [1.807, 2.05) is 6.07 Å². The number of ether oxygens (including phenoxy) is 2. The van der Waals surface area contributed by atoms with Crippen molar-refractivity contribution < 1.29 is 23.9 Å². The van der Waals surface area contributed by atoms with Crippen LogP contribution in [-0.2, 0) is 30.4 Å². The summed E-state index contributed by atoms with van der Waals surface area (Å²) in [5.41, 5.74) is 0.757. The number of carbonyl (C=O) groups excluding carboxylic acids is 3. The standard InChI is InChI=1S/C19H23NO5/c1-4-7-13-16(21)20(14-15-11-9-8-10-12-15)17(18(22)24-5-2)19(23)25-6-3/h8-12,17H,4-6,14H2,1-3H3. The van der Waals surface area contributed by atoms with Crippen LogP contribution in [0.1, 0.15) is 32.8 Å². The molecular weight excluding hydrogens is 322 g/mol. The van der Waals surface area contributed by atoms with Crippen molar-refractivity contribution in [2.45, 2.75) is 39.8 Å². The number of carbonyl (C=O) groups is 3. The highest BCUT2D eigenvalue weighted by Gasteiger charge is 2.38.